The Morgan fingerprint density at radius 2 is 1.92 bits per heavy atom. The van der Waals surface area contributed by atoms with E-state index in [-0.39, 0.29) is 53.4 Å². The lowest BCUT2D eigenvalue weighted by molar-refractivity contribution is -0.0968. The van der Waals surface area contributed by atoms with E-state index in [1.165, 1.54) is 24.3 Å². The number of carbonyl (C=O) groups excluding carboxylic acids is 2. The Bertz CT molecular complexity index is 1370. The van der Waals surface area contributed by atoms with Gasteiger partial charge in [-0.15, -0.1) is 0 Å². The number of nitrogens with one attached hydrogen (secondary N) is 1. The standard InChI is InChI=1S/C25H26F4N6O2/c1-13-3-6-16(26)10-17(13)24(37)32-11-15-5-4-14(9-18(15)27)21-20(23(31)36)22(30)35(33-21)19-12-34(2)8-7-25(19,28)29/h3-6,9-10,19H,7-8,11-12,30H2,1-2H3,(H2,31,36)(H,32,37). The highest BCUT2D eigenvalue weighted by molar-refractivity contribution is 6.03. The lowest BCUT2D eigenvalue weighted by Crippen LogP contribution is -2.47. The quantitative estimate of drug-likeness (QED) is 0.433. The first-order valence-corrected chi connectivity index (χ1v) is 11.5. The van der Waals surface area contributed by atoms with Crippen LogP contribution in [0.15, 0.2) is 36.4 Å². The van der Waals surface area contributed by atoms with E-state index in [0.717, 1.165) is 16.8 Å². The number of hydrogen-bond acceptors (Lipinski definition) is 5. The number of hydrogen-bond donors (Lipinski definition) is 3. The number of amides is 2. The second-order valence-corrected chi connectivity index (χ2v) is 9.15. The van der Waals surface area contributed by atoms with Crippen LogP contribution in [0.5, 0.6) is 0 Å². The molecule has 0 saturated carbocycles. The molecule has 4 rings (SSSR count). The molecule has 37 heavy (non-hydrogen) atoms. The summed E-state index contributed by atoms with van der Waals surface area (Å²) < 4.78 is 58.8. The van der Waals surface area contributed by atoms with Gasteiger partial charge in [-0.1, -0.05) is 18.2 Å². The number of anilines is 1. The SMILES string of the molecule is Cc1ccc(F)cc1C(=O)NCc1ccc(-c2nn(C3CN(C)CCC3(F)F)c(N)c2C(N)=O)cc1F. The summed E-state index contributed by atoms with van der Waals surface area (Å²) in [4.78, 5) is 26.3. The van der Waals surface area contributed by atoms with Crippen molar-refractivity contribution in [3.8, 4) is 11.3 Å². The molecule has 1 aliphatic heterocycles. The number of nitrogens with two attached hydrogens (primary N) is 2. The van der Waals surface area contributed by atoms with E-state index in [9.17, 15) is 27.2 Å². The number of alkyl halides is 2. The molecule has 0 bridgehead atoms. The molecule has 1 unspecified atom stereocenters. The number of halogens is 4. The Morgan fingerprint density at radius 3 is 2.59 bits per heavy atom. The van der Waals surface area contributed by atoms with Crippen LogP contribution in [0.1, 0.15) is 44.3 Å². The fraction of sp³-hybridized carbons (Fsp3) is 0.320. The Balaban J connectivity index is 1.62. The molecule has 8 nitrogen and oxygen atoms in total. The van der Waals surface area contributed by atoms with Gasteiger partial charge in [-0.05, 0) is 37.7 Å². The first-order chi connectivity index (χ1) is 17.4. The van der Waals surface area contributed by atoms with E-state index in [1.54, 1.807) is 18.9 Å². The molecule has 1 saturated heterocycles. The monoisotopic (exact) mass is 518 g/mol. The topological polar surface area (TPSA) is 119 Å². The van der Waals surface area contributed by atoms with E-state index in [4.69, 9.17) is 11.5 Å². The maximum Gasteiger partial charge on any atom is 0.272 e. The molecule has 1 aromatic heterocycles. The predicted octanol–water partition coefficient (Wildman–Crippen LogP) is 3.26. The largest absolute Gasteiger partial charge is 0.383 e. The summed E-state index contributed by atoms with van der Waals surface area (Å²) in [6.07, 6.45) is -0.418. The van der Waals surface area contributed by atoms with Crippen LogP contribution in [0.2, 0.25) is 0 Å². The van der Waals surface area contributed by atoms with Gasteiger partial charge < -0.3 is 21.7 Å². The molecule has 2 aromatic carbocycles. The highest BCUT2D eigenvalue weighted by atomic mass is 19.3. The lowest BCUT2D eigenvalue weighted by atomic mass is 10.0. The number of piperidine rings is 1. The number of aromatic nitrogens is 2. The molecular formula is C25H26F4N6O2. The van der Waals surface area contributed by atoms with Crippen LogP contribution >= 0.6 is 0 Å². The number of rotatable bonds is 6. The van der Waals surface area contributed by atoms with E-state index < -0.39 is 41.8 Å². The van der Waals surface area contributed by atoms with Crippen molar-refractivity contribution in [3.63, 3.8) is 0 Å². The van der Waals surface area contributed by atoms with Gasteiger partial charge in [0.05, 0.1) is 0 Å². The van der Waals surface area contributed by atoms with Crippen LogP contribution < -0.4 is 16.8 Å². The van der Waals surface area contributed by atoms with Crippen molar-refractivity contribution in [2.24, 2.45) is 5.73 Å². The van der Waals surface area contributed by atoms with Gasteiger partial charge in [0.2, 0.25) is 0 Å². The third-order valence-electron chi connectivity index (χ3n) is 6.50. The maximum atomic E-state index is 15.0. The van der Waals surface area contributed by atoms with Gasteiger partial charge >= 0.3 is 0 Å². The van der Waals surface area contributed by atoms with Gasteiger partial charge in [0, 0.05) is 42.7 Å². The van der Waals surface area contributed by atoms with Crippen LogP contribution in [0.25, 0.3) is 11.3 Å². The van der Waals surface area contributed by atoms with E-state index in [0.29, 0.717) is 5.56 Å². The fourth-order valence-electron chi connectivity index (χ4n) is 4.36. The summed E-state index contributed by atoms with van der Waals surface area (Å²) in [6.45, 7) is 1.56. The fourth-order valence-corrected chi connectivity index (χ4v) is 4.36. The molecule has 5 N–H and O–H groups in total. The summed E-state index contributed by atoms with van der Waals surface area (Å²) in [7, 11) is 1.68. The number of carbonyl (C=O) groups is 2. The van der Waals surface area contributed by atoms with Crippen molar-refractivity contribution < 1.29 is 27.2 Å². The van der Waals surface area contributed by atoms with Gasteiger partial charge in [0.25, 0.3) is 17.7 Å². The summed E-state index contributed by atoms with van der Waals surface area (Å²) in [5.74, 6) is -6.36. The van der Waals surface area contributed by atoms with Gasteiger partial charge in [-0.3, -0.25) is 9.59 Å². The highest BCUT2D eigenvalue weighted by Crippen LogP contribution is 2.40. The minimum absolute atomic E-state index is 0.0612. The molecular weight excluding hydrogens is 492 g/mol. The third kappa shape index (κ3) is 5.15. The number of benzene rings is 2. The van der Waals surface area contributed by atoms with Crippen LogP contribution in [0.4, 0.5) is 23.4 Å². The summed E-state index contributed by atoms with van der Waals surface area (Å²) in [5, 5.41) is 6.70. The zero-order valence-electron chi connectivity index (χ0n) is 20.2. The molecule has 1 atom stereocenters. The summed E-state index contributed by atoms with van der Waals surface area (Å²) in [5.41, 5.74) is 12.0. The lowest BCUT2D eigenvalue weighted by Gasteiger charge is -2.36. The van der Waals surface area contributed by atoms with Gasteiger partial charge in [-0.2, -0.15) is 5.10 Å². The zero-order chi connectivity index (χ0) is 27.1. The number of primary amides is 1. The van der Waals surface area contributed by atoms with E-state index >= 15 is 0 Å². The molecule has 3 aromatic rings. The van der Waals surface area contributed by atoms with Gasteiger partial charge in [0.15, 0.2) is 0 Å². The van der Waals surface area contributed by atoms with Crippen LogP contribution in [-0.2, 0) is 6.54 Å². The molecule has 0 spiro atoms. The number of likely N-dealkylation sites (tertiary alicyclic amines) is 1. The summed E-state index contributed by atoms with van der Waals surface area (Å²) >= 11 is 0. The second-order valence-electron chi connectivity index (χ2n) is 9.15. The Morgan fingerprint density at radius 1 is 1.19 bits per heavy atom. The minimum Gasteiger partial charge on any atom is -0.383 e. The van der Waals surface area contributed by atoms with Crippen LogP contribution in [0, 0.1) is 18.6 Å². The molecule has 1 aliphatic rings. The molecule has 1 fully saturated rings. The smallest absolute Gasteiger partial charge is 0.272 e. The van der Waals surface area contributed by atoms with Crippen molar-refractivity contribution in [1.29, 1.82) is 0 Å². The number of nitrogen functional groups attached to an aromatic ring is 1. The summed E-state index contributed by atoms with van der Waals surface area (Å²) in [6, 6.07) is 6.16. The van der Waals surface area contributed by atoms with Crippen LogP contribution in [0.3, 0.4) is 0 Å². The highest BCUT2D eigenvalue weighted by Gasteiger charge is 2.46. The molecule has 196 valence electrons. The normalized spacial score (nSPS) is 17.5. The number of aryl methyl sites for hydroxylation is 1. The number of nitrogens with zero attached hydrogens (tertiary/aromatic N) is 3. The minimum atomic E-state index is -3.13. The zero-order valence-corrected chi connectivity index (χ0v) is 20.2. The van der Waals surface area contributed by atoms with Crippen LogP contribution in [-0.4, -0.2) is 52.6 Å². The van der Waals surface area contributed by atoms with Crippen molar-refractivity contribution >= 4 is 17.6 Å². The molecule has 12 heteroatoms. The molecule has 0 radical (unpaired) electrons. The van der Waals surface area contributed by atoms with Crippen molar-refractivity contribution in [3.05, 3.63) is 70.3 Å². The number of likely N-dealkylation sites (N-methyl/N-ethyl adjacent to an activating group) is 1. The van der Waals surface area contributed by atoms with Crippen molar-refractivity contribution in [2.45, 2.75) is 31.9 Å². The Labute approximate surface area is 210 Å². The maximum absolute atomic E-state index is 15.0. The average Bonchev–Trinajstić information content (AvgIpc) is 3.18. The first kappa shape index (κ1) is 26.1. The molecule has 2 amide bonds. The second kappa shape index (κ2) is 9.85. The Hall–Kier alpha value is -3.93. The van der Waals surface area contributed by atoms with Gasteiger partial charge in [0.1, 0.15) is 34.8 Å². The molecule has 0 aliphatic carbocycles. The Kier molecular flexibility index (Phi) is 6.96. The predicted molar refractivity (Wildman–Crippen MR) is 129 cm³/mol. The van der Waals surface area contributed by atoms with Crippen molar-refractivity contribution in [1.82, 2.24) is 20.0 Å². The van der Waals surface area contributed by atoms with E-state index in [1.807, 2.05) is 0 Å². The average molecular weight is 519 g/mol. The molecule has 2 heterocycles. The van der Waals surface area contributed by atoms with Crippen molar-refractivity contribution in [2.75, 3.05) is 25.9 Å². The first-order valence-electron chi connectivity index (χ1n) is 11.5. The third-order valence-corrected chi connectivity index (χ3v) is 6.50. The van der Waals surface area contributed by atoms with Gasteiger partial charge in [-0.25, -0.2) is 22.2 Å². The van der Waals surface area contributed by atoms with E-state index in [2.05, 4.69) is 10.4 Å².